The van der Waals surface area contributed by atoms with E-state index in [1.165, 1.54) is 17.8 Å². The maximum Gasteiger partial charge on any atom is 0.241 e. The number of hydrogen-bond acceptors (Lipinski definition) is 4. The zero-order valence-electron chi connectivity index (χ0n) is 17.6. The van der Waals surface area contributed by atoms with Gasteiger partial charge in [-0.15, -0.1) is 0 Å². The van der Waals surface area contributed by atoms with Gasteiger partial charge in [-0.2, -0.15) is 0 Å². The largest absolute Gasteiger partial charge is 0.376 e. The van der Waals surface area contributed by atoms with Gasteiger partial charge in [0.05, 0.1) is 6.54 Å². The number of carbonyl (C=O) groups excluding carboxylic acids is 1. The molecule has 29 heavy (non-hydrogen) atoms. The molecule has 0 saturated carbocycles. The van der Waals surface area contributed by atoms with Crippen LogP contribution in [-0.2, 0) is 4.79 Å². The minimum Gasteiger partial charge on any atom is -0.376 e. The number of rotatable bonds is 7. The molecule has 0 spiro atoms. The predicted molar refractivity (Wildman–Crippen MR) is 118 cm³/mol. The highest BCUT2D eigenvalue weighted by Gasteiger charge is 2.21. The number of aryl methyl sites for hydroxylation is 1. The quantitative estimate of drug-likeness (QED) is 0.771. The third kappa shape index (κ3) is 5.19. The SMILES string of the molecule is CCN(CC)c1ccc(NCC(=O)N2CCN(c3ccc(F)cc3)CC2)c(C)c1. The van der Waals surface area contributed by atoms with E-state index in [0.29, 0.717) is 19.6 Å². The molecular weight excluding hydrogens is 367 g/mol. The van der Waals surface area contributed by atoms with Gasteiger partial charge in [-0.05, 0) is 68.8 Å². The van der Waals surface area contributed by atoms with Crippen LogP contribution in [0.1, 0.15) is 19.4 Å². The Kier molecular flexibility index (Phi) is 6.96. The van der Waals surface area contributed by atoms with E-state index in [0.717, 1.165) is 43.1 Å². The average Bonchev–Trinajstić information content (AvgIpc) is 2.74. The summed E-state index contributed by atoms with van der Waals surface area (Å²) in [6, 6.07) is 12.9. The van der Waals surface area contributed by atoms with Crippen LogP contribution in [0.15, 0.2) is 42.5 Å². The van der Waals surface area contributed by atoms with Crippen molar-refractivity contribution in [3.05, 3.63) is 53.8 Å². The summed E-state index contributed by atoms with van der Waals surface area (Å²) in [5.74, 6) is -0.120. The van der Waals surface area contributed by atoms with Gasteiger partial charge >= 0.3 is 0 Å². The van der Waals surface area contributed by atoms with E-state index in [1.807, 2.05) is 4.90 Å². The Morgan fingerprint density at radius 2 is 1.69 bits per heavy atom. The van der Waals surface area contributed by atoms with E-state index in [-0.39, 0.29) is 11.7 Å². The van der Waals surface area contributed by atoms with Crippen LogP contribution in [0.5, 0.6) is 0 Å². The molecule has 0 bridgehead atoms. The van der Waals surface area contributed by atoms with Crippen LogP contribution in [-0.4, -0.2) is 56.6 Å². The summed E-state index contributed by atoms with van der Waals surface area (Å²) in [4.78, 5) is 19.0. The van der Waals surface area contributed by atoms with Gasteiger partial charge in [0, 0.05) is 56.3 Å². The summed E-state index contributed by atoms with van der Waals surface area (Å²) in [5.41, 5.74) is 4.35. The number of halogens is 1. The van der Waals surface area contributed by atoms with Crippen molar-refractivity contribution >= 4 is 23.0 Å². The van der Waals surface area contributed by atoms with Gasteiger partial charge in [-0.1, -0.05) is 0 Å². The first kappa shape index (κ1) is 21.0. The van der Waals surface area contributed by atoms with Gasteiger partial charge in [-0.3, -0.25) is 4.79 Å². The third-order valence-corrected chi connectivity index (χ3v) is 5.59. The number of carbonyl (C=O) groups is 1. The second-order valence-corrected chi connectivity index (χ2v) is 7.37. The van der Waals surface area contributed by atoms with Crippen molar-refractivity contribution in [1.82, 2.24) is 4.90 Å². The zero-order valence-corrected chi connectivity index (χ0v) is 17.6. The van der Waals surface area contributed by atoms with Crippen LogP contribution in [0, 0.1) is 12.7 Å². The Morgan fingerprint density at radius 3 is 2.28 bits per heavy atom. The third-order valence-electron chi connectivity index (χ3n) is 5.59. The van der Waals surface area contributed by atoms with Crippen LogP contribution in [0.4, 0.5) is 21.5 Å². The van der Waals surface area contributed by atoms with E-state index < -0.39 is 0 Å². The Morgan fingerprint density at radius 1 is 1.03 bits per heavy atom. The smallest absolute Gasteiger partial charge is 0.241 e. The molecule has 0 unspecified atom stereocenters. The Bertz CT molecular complexity index is 812. The maximum atomic E-state index is 13.1. The second-order valence-electron chi connectivity index (χ2n) is 7.37. The van der Waals surface area contributed by atoms with Gasteiger partial charge in [0.2, 0.25) is 5.91 Å². The second kappa shape index (κ2) is 9.63. The molecule has 0 atom stereocenters. The first-order valence-electron chi connectivity index (χ1n) is 10.4. The van der Waals surface area contributed by atoms with Crippen molar-refractivity contribution in [3.8, 4) is 0 Å². The fourth-order valence-electron chi connectivity index (χ4n) is 3.78. The fourth-order valence-corrected chi connectivity index (χ4v) is 3.78. The highest BCUT2D eigenvalue weighted by Crippen LogP contribution is 2.23. The van der Waals surface area contributed by atoms with Crippen LogP contribution < -0.4 is 15.1 Å². The number of nitrogens with zero attached hydrogens (tertiary/aromatic N) is 3. The number of nitrogens with one attached hydrogen (secondary N) is 1. The average molecular weight is 399 g/mol. The lowest BCUT2D eigenvalue weighted by Gasteiger charge is -2.36. The van der Waals surface area contributed by atoms with Crippen molar-refractivity contribution < 1.29 is 9.18 Å². The summed E-state index contributed by atoms with van der Waals surface area (Å²) in [7, 11) is 0. The lowest BCUT2D eigenvalue weighted by Crippen LogP contribution is -2.50. The normalized spacial score (nSPS) is 14.1. The summed E-state index contributed by atoms with van der Waals surface area (Å²) >= 11 is 0. The number of anilines is 3. The Balaban J connectivity index is 1.51. The molecule has 6 heteroatoms. The first-order chi connectivity index (χ1) is 14.0. The fraction of sp³-hybridized carbons (Fsp3) is 0.435. The molecule has 3 rings (SSSR count). The molecular formula is C23H31FN4O. The molecule has 1 aliphatic heterocycles. The lowest BCUT2D eigenvalue weighted by molar-refractivity contribution is -0.129. The van der Waals surface area contributed by atoms with Gasteiger partial charge < -0.3 is 20.0 Å². The summed E-state index contributed by atoms with van der Waals surface area (Å²) in [5, 5.41) is 3.30. The van der Waals surface area contributed by atoms with Gasteiger partial charge in [0.25, 0.3) is 0 Å². The molecule has 0 aliphatic carbocycles. The van der Waals surface area contributed by atoms with Gasteiger partial charge in [0.15, 0.2) is 0 Å². The molecule has 1 saturated heterocycles. The number of piperazine rings is 1. The number of benzene rings is 2. The lowest BCUT2D eigenvalue weighted by atomic mass is 10.1. The molecule has 156 valence electrons. The molecule has 0 radical (unpaired) electrons. The first-order valence-corrected chi connectivity index (χ1v) is 10.4. The van der Waals surface area contributed by atoms with E-state index in [4.69, 9.17) is 0 Å². The summed E-state index contributed by atoms with van der Waals surface area (Å²) in [6.07, 6.45) is 0. The van der Waals surface area contributed by atoms with Crippen molar-refractivity contribution in [2.24, 2.45) is 0 Å². The molecule has 1 aliphatic rings. The monoisotopic (exact) mass is 398 g/mol. The topological polar surface area (TPSA) is 38.8 Å². The summed E-state index contributed by atoms with van der Waals surface area (Å²) < 4.78 is 13.1. The zero-order chi connectivity index (χ0) is 20.8. The van der Waals surface area contributed by atoms with Crippen LogP contribution in [0.2, 0.25) is 0 Å². The van der Waals surface area contributed by atoms with Crippen LogP contribution in [0.25, 0.3) is 0 Å². The molecule has 0 aromatic heterocycles. The molecule has 1 fully saturated rings. The van der Waals surface area contributed by atoms with Crippen molar-refractivity contribution in [2.45, 2.75) is 20.8 Å². The predicted octanol–water partition coefficient (Wildman–Crippen LogP) is 3.74. The van der Waals surface area contributed by atoms with Gasteiger partial charge in [-0.25, -0.2) is 4.39 Å². The number of amides is 1. The van der Waals surface area contributed by atoms with Crippen molar-refractivity contribution in [2.75, 3.05) is 60.9 Å². The molecule has 5 nitrogen and oxygen atoms in total. The van der Waals surface area contributed by atoms with E-state index >= 15 is 0 Å². The minimum absolute atomic E-state index is 0.107. The summed E-state index contributed by atoms with van der Waals surface area (Å²) in [6.45, 7) is 11.5. The Labute approximate surface area is 173 Å². The maximum absolute atomic E-state index is 13.1. The highest BCUT2D eigenvalue weighted by molar-refractivity contribution is 5.81. The van der Waals surface area contributed by atoms with Crippen molar-refractivity contribution in [1.29, 1.82) is 0 Å². The number of hydrogen-bond donors (Lipinski definition) is 1. The minimum atomic E-state index is -0.228. The standard InChI is InChI=1S/C23H31FN4O/c1-4-26(5-2)21-10-11-22(18(3)16-21)25-17-23(29)28-14-12-27(13-15-28)20-8-6-19(24)7-9-20/h6-11,16,25H,4-5,12-15,17H2,1-3H3. The van der Waals surface area contributed by atoms with E-state index in [2.05, 4.69) is 54.1 Å². The van der Waals surface area contributed by atoms with Gasteiger partial charge in [0.1, 0.15) is 5.82 Å². The Hall–Kier alpha value is -2.76. The van der Waals surface area contributed by atoms with Crippen LogP contribution in [0.3, 0.4) is 0 Å². The highest BCUT2D eigenvalue weighted by atomic mass is 19.1. The molecule has 1 heterocycles. The van der Waals surface area contributed by atoms with Crippen LogP contribution >= 0.6 is 0 Å². The molecule has 2 aromatic carbocycles. The van der Waals surface area contributed by atoms with Crippen molar-refractivity contribution in [3.63, 3.8) is 0 Å². The molecule has 1 amide bonds. The van der Waals surface area contributed by atoms with E-state index in [1.54, 1.807) is 12.1 Å². The molecule has 2 aromatic rings. The van der Waals surface area contributed by atoms with E-state index in [9.17, 15) is 9.18 Å². The molecule has 1 N–H and O–H groups in total.